The van der Waals surface area contributed by atoms with Gasteiger partial charge >= 0.3 is 0 Å². The molecule has 1 unspecified atom stereocenters. The number of nitrogens with zero attached hydrogens (tertiary/aromatic N) is 1. The Kier molecular flexibility index (Phi) is 3.95. The van der Waals surface area contributed by atoms with Crippen molar-refractivity contribution in [2.45, 2.75) is 39.7 Å². The minimum absolute atomic E-state index is 0.0714. The predicted octanol–water partition coefficient (Wildman–Crippen LogP) is 2.12. The van der Waals surface area contributed by atoms with E-state index in [2.05, 4.69) is 13.8 Å². The fraction of sp³-hybridized carbons (Fsp3) is 0.562. The molecular weight excluding hydrogens is 236 g/mol. The fourth-order valence-corrected chi connectivity index (χ4v) is 2.49. The molecule has 1 atom stereocenters. The maximum atomic E-state index is 12.3. The molecule has 0 aliphatic carbocycles. The average molecular weight is 260 g/mol. The van der Waals surface area contributed by atoms with Gasteiger partial charge < -0.3 is 10.6 Å². The summed E-state index contributed by atoms with van der Waals surface area (Å²) in [6.45, 7) is 7.92. The van der Waals surface area contributed by atoms with Crippen molar-refractivity contribution in [1.29, 1.82) is 0 Å². The second-order valence-electron chi connectivity index (χ2n) is 6.29. The fourth-order valence-electron chi connectivity index (χ4n) is 2.49. The molecular formula is C16H24N2O. The molecule has 1 aliphatic heterocycles. The van der Waals surface area contributed by atoms with E-state index in [4.69, 9.17) is 5.73 Å². The van der Waals surface area contributed by atoms with Crippen molar-refractivity contribution in [2.24, 2.45) is 11.1 Å². The Morgan fingerprint density at radius 2 is 2.11 bits per heavy atom. The summed E-state index contributed by atoms with van der Waals surface area (Å²) in [6.07, 6.45) is 1.47. The van der Waals surface area contributed by atoms with Gasteiger partial charge in [0.05, 0.1) is 6.42 Å². The van der Waals surface area contributed by atoms with Crippen molar-refractivity contribution in [3.05, 3.63) is 35.4 Å². The number of hydrogen-bond donors (Lipinski definition) is 1. The lowest BCUT2D eigenvalue weighted by molar-refractivity contribution is -0.133. The molecule has 0 spiro atoms. The van der Waals surface area contributed by atoms with Crippen LogP contribution >= 0.6 is 0 Å². The zero-order valence-corrected chi connectivity index (χ0v) is 12.1. The van der Waals surface area contributed by atoms with Crippen molar-refractivity contribution in [3.63, 3.8) is 0 Å². The lowest BCUT2D eigenvalue weighted by Gasteiger charge is -2.42. The van der Waals surface area contributed by atoms with Crippen LogP contribution in [0.4, 0.5) is 0 Å². The Labute approximate surface area is 115 Å². The lowest BCUT2D eigenvalue weighted by Crippen LogP contribution is -2.54. The summed E-state index contributed by atoms with van der Waals surface area (Å²) in [5.41, 5.74) is 8.60. The molecule has 0 bridgehead atoms. The Morgan fingerprint density at radius 3 is 2.74 bits per heavy atom. The van der Waals surface area contributed by atoms with Crippen molar-refractivity contribution in [3.8, 4) is 0 Å². The average Bonchev–Trinajstić information content (AvgIpc) is 2.35. The Balaban J connectivity index is 2.00. The van der Waals surface area contributed by atoms with Crippen molar-refractivity contribution in [2.75, 3.05) is 13.1 Å². The minimum atomic E-state index is 0.0714. The van der Waals surface area contributed by atoms with Crippen LogP contribution in [0.1, 0.15) is 31.4 Å². The van der Waals surface area contributed by atoms with E-state index in [1.807, 2.05) is 36.1 Å². The summed E-state index contributed by atoms with van der Waals surface area (Å²) in [7, 11) is 0. The number of nitrogens with two attached hydrogens (primary N) is 1. The standard InChI is InChI=1S/C16H24N2O/c1-12-6-4-5-7-13(12)10-15(19)18-9-8-16(2,3)14(17)11-18/h4-7,14H,8-11,17H2,1-3H3. The summed E-state index contributed by atoms with van der Waals surface area (Å²) in [5.74, 6) is 0.195. The highest BCUT2D eigenvalue weighted by Gasteiger charge is 2.34. The molecule has 2 rings (SSSR count). The highest BCUT2D eigenvalue weighted by molar-refractivity contribution is 5.79. The molecule has 1 aliphatic rings. The van der Waals surface area contributed by atoms with Gasteiger partial charge in [0.2, 0.25) is 5.91 Å². The quantitative estimate of drug-likeness (QED) is 0.885. The number of likely N-dealkylation sites (tertiary alicyclic amines) is 1. The third-order valence-corrected chi connectivity index (χ3v) is 4.40. The first kappa shape index (κ1) is 14.1. The van der Waals surface area contributed by atoms with Crippen molar-refractivity contribution in [1.82, 2.24) is 4.90 Å². The molecule has 0 aromatic heterocycles. The zero-order valence-electron chi connectivity index (χ0n) is 12.1. The molecule has 2 N–H and O–H groups in total. The Morgan fingerprint density at radius 1 is 1.42 bits per heavy atom. The van der Waals surface area contributed by atoms with Crippen LogP contribution in [0.15, 0.2) is 24.3 Å². The van der Waals surface area contributed by atoms with E-state index in [0.29, 0.717) is 13.0 Å². The number of aryl methyl sites for hydroxylation is 1. The van der Waals surface area contributed by atoms with Gasteiger partial charge in [-0.1, -0.05) is 38.1 Å². The van der Waals surface area contributed by atoms with E-state index in [-0.39, 0.29) is 17.4 Å². The van der Waals surface area contributed by atoms with Gasteiger partial charge in [0.1, 0.15) is 0 Å². The van der Waals surface area contributed by atoms with Gasteiger partial charge in [-0.3, -0.25) is 4.79 Å². The second kappa shape index (κ2) is 5.33. The first-order valence-corrected chi connectivity index (χ1v) is 6.98. The molecule has 104 valence electrons. The van der Waals surface area contributed by atoms with E-state index in [1.165, 1.54) is 5.56 Å². The number of benzene rings is 1. The molecule has 0 radical (unpaired) electrons. The van der Waals surface area contributed by atoms with E-state index < -0.39 is 0 Å². The van der Waals surface area contributed by atoms with Crippen LogP contribution < -0.4 is 5.73 Å². The van der Waals surface area contributed by atoms with Crippen molar-refractivity contribution >= 4 is 5.91 Å². The van der Waals surface area contributed by atoms with Crippen LogP contribution in [-0.2, 0) is 11.2 Å². The number of rotatable bonds is 2. The van der Waals surface area contributed by atoms with Crippen LogP contribution in [0, 0.1) is 12.3 Å². The number of carbonyl (C=O) groups is 1. The van der Waals surface area contributed by atoms with Crippen LogP contribution in [0.5, 0.6) is 0 Å². The Bertz CT molecular complexity index is 468. The molecule has 3 heteroatoms. The van der Waals surface area contributed by atoms with E-state index in [0.717, 1.165) is 18.5 Å². The van der Waals surface area contributed by atoms with Gasteiger partial charge in [-0.2, -0.15) is 0 Å². The number of carbonyl (C=O) groups excluding carboxylic acids is 1. The number of amides is 1. The normalized spacial score (nSPS) is 22.3. The molecule has 1 saturated heterocycles. The van der Waals surface area contributed by atoms with E-state index in [1.54, 1.807) is 0 Å². The third kappa shape index (κ3) is 3.16. The Hall–Kier alpha value is -1.35. The maximum absolute atomic E-state index is 12.3. The van der Waals surface area contributed by atoms with Gasteiger partial charge in [-0.05, 0) is 29.9 Å². The first-order valence-electron chi connectivity index (χ1n) is 6.98. The third-order valence-electron chi connectivity index (χ3n) is 4.40. The van der Waals surface area contributed by atoms with Gasteiger partial charge in [-0.25, -0.2) is 0 Å². The lowest BCUT2D eigenvalue weighted by atomic mass is 9.78. The SMILES string of the molecule is Cc1ccccc1CC(=O)N1CCC(C)(C)C(N)C1. The largest absolute Gasteiger partial charge is 0.341 e. The maximum Gasteiger partial charge on any atom is 0.227 e. The predicted molar refractivity (Wildman–Crippen MR) is 77.8 cm³/mol. The smallest absolute Gasteiger partial charge is 0.227 e. The second-order valence-corrected chi connectivity index (χ2v) is 6.29. The molecule has 1 aromatic carbocycles. The molecule has 1 fully saturated rings. The van der Waals surface area contributed by atoms with Crippen molar-refractivity contribution < 1.29 is 4.79 Å². The molecule has 19 heavy (non-hydrogen) atoms. The molecule has 1 heterocycles. The first-order chi connectivity index (χ1) is 8.90. The monoisotopic (exact) mass is 260 g/mol. The molecule has 1 amide bonds. The minimum Gasteiger partial charge on any atom is -0.341 e. The number of piperidine rings is 1. The molecule has 0 saturated carbocycles. The highest BCUT2D eigenvalue weighted by atomic mass is 16.2. The summed E-state index contributed by atoms with van der Waals surface area (Å²) in [6, 6.07) is 8.14. The van der Waals surface area contributed by atoms with Crippen LogP contribution in [0.3, 0.4) is 0 Å². The highest BCUT2D eigenvalue weighted by Crippen LogP contribution is 2.29. The number of hydrogen-bond acceptors (Lipinski definition) is 2. The van der Waals surface area contributed by atoms with Crippen LogP contribution in [0.25, 0.3) is 0 Å². The summed E-state index contributed by atoms with van der Waals surface area (Å²) in [4.78, 5) is 14.3. The van der Waals surface area contributed by atoms with Gasteiger partial charge in [0.25, 0.3) is 0 Å². The summed E-state index contributed by atoms with van der Waals surface area (Å²) in [5, 5.41) is 0. The van der Waals surface area contributed by atoms with Crippen LogP contribution in [-0.4, -0.2) is 29.9 Å². The van der Waals surface area contributed by atoms with Gasteiger partial charge in [0, 0.05) is 19.1 Å². The van der Waals surface area contributed by atoms with E-state index in [9.17, 15) is 4.79 Å². The molecule has 1 aromatic rings. The molecule has 3 nitrogen and oxygen atoms in total. The topological polar surface area (TPSA) is 46.3 Å². The van der Waals surface area contributed by atoms with E-state index >= 15 is 0 Å². The van der Waals surface area contributed by atoms with Gasteiger partial charge in [0.15, 0.2) is 0 Å². The van der Waals surface area contributed by atoms with Crippen LogP contribution in [0.2, 0.25) is 0 Å². The zero-order chi connectivity index (χ0) is 14.0. The summed E-state index contributed by atoms with van der Waals surface area (Å²) < 4.78 is 0. The summed E-state index contributed by atoms with van der Waals surface area (Å²) >= 11 is 0. The van der Waals surface area contributed by atoms with Gasteiger partial charge in [-0.15, -0.1) is 0 Å².